The summed E-state index contributed by atoms with van der Waals surface area (Å²) in [6.07, 6.45) is 0.721. The lowest BCUT2D eigenvalue weighted by Gasteiger charge is -1.98. The molecule has 0 aliphatic heterocycles. The van der Waals surface area contributed by atoms with Crippen molar-refractivity contribution in [3.8, 4) is 0 Å². The molecule has 12 heavy (non-hydrogen) atoms. The van der Waals surface area contributed by atoms with Crippen LogP contribution in [0.1, 0.15) is 16.3 Å². The van der Waals surface area contributed by atoms with Crippen LogP contribution in [0, 0.1) is 12.7 Å². The van der Waals surface area contributed by atoms with Gasteiger partial charge in [0.15, 0.2) is 11.6 Å². The Balaban J connectivity index is 3.13. The lowest BCUT2D eigenvalue weighted by molar-refractivity contribution is 0.100. The molecule has 0 aliphatic rings. The van der Waals surface area contributed by atoms with Gasteiger partial charge in [0.1, 0.15) is 11.5 Å². The van der Waals surface area contributed by atoms with Crippen molar-refractivity contribution in [1.82, 2.24) is 9.97 Å². The number of hydrogen-bond acceptors (Lipinski definition) is 3. The molecular formula is C7H6BFN2O. The second-order valence-electron chi connectivity index (χ2n) is 2.24. The normalized spacial score (nSPS) is 9.83. The van der Waals surface area contributed by atoms with Crippen molar-refractivity contribution in [2.45, 2.75) is 13.2 Å². The van der Waals surface area contributed by atoms with Gasteiger partial charge in [-0.25, -0.2) is 14.4 Å². The third-order valence-corrected chi connectivity index (χ3v) is 1.31. The van der Waals surface area contributed by atoms with Crippen molar-refractivity contribution < 1.29 is 9.18 Å². The Morgan fingerprint density at radius 2 is 2.42 bits per heavy atom. The van der Waals surface area contributed by atoms with Crippen molar-refractivity contribution >= 4 is 13.6 Å². The fraction of sp³-hybridized carbons (Fsp3) is 0.286. The maximum atomic E-state index is 12.8. The largest absolute Gasteiger partial charge is 0.293 e. The zero-order valence-corrected chi connectivity index (χ0v) is 6.54. The number of aryl methyl sites for hydroxylation is 1. The molecule has 5 heteroatoms. The highest BCUT2D eigenvalue weighted by molar-refractivity contribution is 6.23. The van der Waals surface area contributed by atoms with Crippen LogP contribution in [0.25, 0.3) is 0 Å². The topological polar surface area (TPSA) is 42.9 Å². The molecule has 1 heterocycles. The van der Waals surface area contributed by atoms with E-state index in [1.807, 2.05) is 0 Å². The van der Waals surface area contributed by atoms with E-state index in [-0.39, 0.29) is 12.0 Å². The van der Waals surface area contributed by atoms with Crippen LogP contribution in [0.2, 0.25) is 6.32 Å². The summed E-state index contributed by atoms with van der Waals surface area (Å²) in [6, 6.07) is 0. The van der Waals surface area contributed by atoms with Gasteiger partial charge in [-0.15, -0.1) is 0 Å². The van der Waals surface area contributed by atoms with Gasteiger partial charge in [0, 0.05) is 0 Å². The van der Waals surface area contributed by atoms with E-state index < -0.39 is 11.6 Å². The highest BCUT2D eigenvalue weighted by Gasteiger charge is 2.11. The Morgan fingerprint density at radius 3 is 3.00 bits per heavy atom. The third kappa shape index (κ3) is 1.67. The molecule has 1 aromatic heterocycles. The Labute approximate surface area is 70.4 Å². The van der Waals surface area contributed by atoms with E-state index in [0.29, 0.717) is 5.82 Å². The maximum Gasteiger partial charge on any atom is 0.175 e. The quantitative estimate of drug-likeness (QED) is 0.477. The number of carbonyl (C=O) groups excluding carboxylic acids is 1. The smallest absolute Gasteiger partial charge is 0.175 e. The molecule has 1 rings (SSSR count). The first-order valence-electron chi connectivity index (χ1n) is 3.37. The number of carbonyl (C=O) groups is 1. The van der Waals surface area contributed by atoms with E-state index in [1.54, 1.807) is 6.92 Å². The van der Waals surface area contributed by atoms with Gasteiger partial charge in [0.25, 0.3) is 0 Å². The van der Waals surface area contributed by atoms with Gasteiger partial charge in [0.05, 0.1) is 14.0 Å². The fourth-order valence-corrected chi connectivity index (χ4v) is 0.748. The van der Waals surface area contributed by atoms with Crippen molar-refractivity contribution in [2.24, 2.45) is 0 Å². The number of aromatic nitrogens is 2. The average molecular weight is 164 g/mol. The molecule has 0 fully saturated rings. The highest BCUT2D eigenvalue weighted by atomic mass is 19.1. The molecule has 3 nitrogen and oxygen atoms in total. The molecule has 0 aliphatic carbocycles. The summed E-state index contributed by atoms with van der Waals surface area (Å²) in [5.41, 5.74) is -0.231. The summed E-state index contributed by atoms with van der Waals surface area (Å²) in [4.78, 5) is 18.1. The number of rotatable bonds is 2. The van der Waals surface area contributed by atoms with Crippen LogP contribution in [-0.4, -0.2) is 23.6 Å². The van der Waals surface area contributed by atoms with E-state index in [1.165, 1.54) is 0 Å². The van der Waals surface area contributed by atoms with Crippen LogP contribution in [0.4, 0.5) is 4.39 Å². The van der Waals surface area contributed by atoms with E-state index >= 15 is 0 Å². The molecule has 0 N–H and O–H groups in total. The lowest BCUT2D eigenvalue weighted by atomic mass is 9.99. The molecule has 0 saturated heterocycles. The van der Waals surface area contributed by atoms with Crippen LogP contribution >= 0.6 is 0 Å². The second-order valence-corrected chi connectivity index (χ2v) is 2.24. The van der Waals surface area contributed by atoms with E-state index in [9.17, 15) is 9.18 Å². The Kier molecular flexibility index (Phi) is 2.52. The van der Waals surface area contributed by atoms with E-state index in [0.717, 1.165) is 6.20 Å². The summed E-state index contributed by atoms with van der Waals surface area (Å²) in [5.74, 6) is -0.887. The Hall–Kier alpha value is -1.26. The molecule has 0 unspecified atom stereocenters. The Bertz CT molecular complexity index is 316. The van der Waals surface area contributed by atoms with Crippen LogP contribution in [0.3, 0.4) is 0 Å². The van der Waals surface area contributed by atoms with Crippen LogP contribution in [-0.2, 0) is 0 Å². The molecule has 0 aromatic carbocycles. The average Bonchev–Trinajstić information content (AvgIpc) is 2.08. The molecule has 0 atom stereocenters. The first kappa shape index (κ1) is 8.84. The van der Waals surface area contributed by atoms with Gasteiger partial charge in [-0.1, -0.05) is 0 Å². The lowest BCUT2D eigenvalue weighted by Crippen LogP contribution is -2.07. The summed E-state index contributed by atoms with van der Waals surface area (Å²) in [5, 5.41) is 0. The minimum atomic E-state index is -0.726. The van der Waals surface area contributed by atoms with Crippen molar-refractivity contribution in [3.05, 3.63) is 23.5 Å². The van der Waals surface area contributed by atoms with Gasteiger partial charge in [0.2, 0.25) is 0 Å². The van der Waals surface area contributed by atoms with Crippen molar-refractivity contribution in [2.75, 3.05) is 0 Å². The van der Waals surface area contributed by atoms with Gasteiger partial charge in [-0.05, 0) is 13.2 Å². The molecule has 0 spiro atoms. The SMILES string of the molecule is [B]CC(=O)c1nc(C)ncc1F. The van der Waals surface area contributed by atoms with Crippen molar-refractivity contribution in [1.29, 1.82) is 0 Å². The highest BCUT2D eigenvalue weighted by Crippen LogP contribution is 2.04. The standard InChI is InChI=1S/C7H6BFN2O/c1-4-10-3-5(9)7(11-4)6(12)2-8/h3H,2H2,1H3. The molecule has 2 radical (unpaired) electrons. The zero-order valence-electron chi connectivity index (χ0n) is 6.54. The van der Waals surface area contributed by atoms with Gasteiger partial charge in [-0.2, -0.15) is 0 Å². The monoisotopic (exact) mass is 164 g/mol. The number of halogens is 1. The van der Waals surface area contributed by atoms with Crippen LogP contribution in [0.5, 0.6) is 0 Å². The molecule has 60 valence electrons. The fourth-order valence-electron chi connectivity index (χ4n) is 0.748. The molecular weight excluding hydrogens is 158 g/mol. The molecule has 0 amide bonds. The Morgan fingerprint density at radius 1 is 1.75 bits per heavy atom. The number of nitrogens with zero attached hydrogens (tertiary/aromatic N) is 2. The van der Waals surface area contributed by atoms with Gasteiger partial charge < -0.3 is 0 Å². The maximum absolute atomic E-state index is 12.8. The predicted molar refractivity (Wildman–Crippen MR) is 41.6 cm³/mol. The van der Waals surface area contributed by atoms with Gasteiger partial charge in [-0.3, -0.25) is 4.79 Å². The minimum Gasteiger partial charge on any atom is -0.293 e. The number of Topliss-reactive ketones (excluding diaryl/α,β-unsaturated/α-hetero) is 1. The zero-order chi connectivity index (χ0) is 9.14. The van der Waals surface area contributed by atoms with Crippen LogP contribution < -0.4 is 0 Å². The molecule has 0 bridgehead atoms. The summed E-state index contributed by atoms with van der Waals surface area (Å²) in [7, 11) is 5.05. The molecule has 1 aromatic rings. The molecule has 0 saturated carbocycles. The van der Waals surface area contributed by atoms with Gasteiger partial charge >= 0.3 is 0 Å². The van der Waals surface area contributed by atoms with Crippen LogP contribution in [0.15, 0.2) is 6.20 Å². The minimum absolute atomic E-state index is 0.231. The number of hydrogen-bond donors (Lipinski definition) is 0. The second kappa shape index (κ2) is 3.43. The summed E-state index contributed by atoms with van der Waals surface area (Å²) in [6.45, 7) is 1.58. The first-order valence-corrected chi connectivity index (χ1v) is 3.37. The first-order chi connectivity index (χ1) is 5.65. The van der Waals surface area contributed by atoms with Crippen molar-refractivity contribution in [3.63, 3.8) is 0 Å². The number of ketones is 1. The summed E-state index contributed by atoms with van der Waals surface area (Å²) >= 11 is 0. The van der Waals surface area contributed by atoms with E-state index in [4.69, 9.17) is 7.85 Å². The summed E-state index contributed by atoms with van der Waals surface area (Å²) < 4.78 is 12.8. The van der Waals surface area contributed by atoms with E-state index in [2.05, 4.69) is 9.97 Å². The predicted octanol–water partition coefficient (Wildman–Crippen LogP) is 0.694. The third-order valence-electron chi connectivity index (χ3n) is 1.31.